The maximum Gasteiger partial charge on any atom is 0.308 e. The largest absolute Gasteiger partial charge is 0.497 e. The number of aliphatic hydroxyl groups is 1. The molecule has 1 saturated heterocycles. The Kier molecular flexibility index (Phi) is 7.25. The number of ether oxygens (including phenoxy) is 4. The number of hydrogen-bond acceptors (Lipinski definition) is 6. The fourth-order valence-electron chi connectivity index (χ4n) is 3.19. The Hall–Kier alpha value is -1.63. The molecule has 6 nitrogen and oxygen atoms in total. The number of aliphatic hydroxyl groups excluding tert-OH is 1. The number of benzene rings is 1. The van der Waals surface area contributed by atoms with Crippen molar-refractivity contribution in [1.82, 2.24) is 0 Å². The predicted molar refractivity (Wildman–Crippen MR) is 101 cm³/mol. The molecule has 152 valence electrons. The number of carbonyl (C=O) groups excluding carboxylic acids is 1. The Morgan fingerprint density at radius 3 is 2.48 bits per heavy atom. The summed E-state index contributed by atoms with van der Waals surface area (Å²) in [6.45, 7) is 9.86. The number of rotatable bonds is 6. The first-order chi connectivity index (χ1) is 12.6. The third kappa shape index (κ3) is 6.19. The van der Waals surface area contributed by atoms with Gasteiger partial charge in [-0.15, -0.1) is 0 Å². The molecular weight excluding hydrogens is 348 g/mol. The molecule has 1 aliphatic heterocycles. The lowest BCUT2D eigenvalue weighted by Gasteiger charge is -2.39. The molecular formula is C21H32O6. The Bertz CT molecular complexity index is 606. The van der Waals surface area contributed by atoms with E-state index in [2.05, 4.69) is 0 Å². The maximum absolute atomic E-state index is 12.0. The minimum atomic E-state index is -0.845. The van der Waals surface area contributed by atoms with Crippen LogP contribution in [0.2, 0.25) is 0 Å². The minimum Gasteiger partial charge on any atom is -0.497 e. The molecule has 1 N–H and O–H groups in total. The van der Waals surface area contributed by atoms with Crippen molar-refractivity contribution in [2.24, 2.45) is 11.8 Å². The van der Waals surface area contributed by atoms with E-state index in [0.29, 0.717) is 6.61 Å². The molecule has 0 aromatic heterocycles. The van der Waals surface area contributed by atoms with E-state index in [0.717, 1.165) is 11.3 Å². The highest BCUT2D eigenvalue weighted by molar-refractivity contribution is 5.70. The molecule has 0 saturated carbocycles. The average Bonchev–Trinajstić information content (AvgIpc) is 2.60. The molecule has 1 aromatic rings. The van der Waals surface area contributed by atoms with Gasteiger partial charge in [-0.1, -0.05) is 26.0 Å². The van der Waals surface area contributed by atoms with Crippen LogP contribution in [0.1, 0.15) is 52.9 Å². The van der Waals surface area contributed by atoms with Crippen LogP contribution in [0, 0.1) is 11.8 Å². The molecule has 0 bridgehead atoms. The van der Waals surface area contributed by atoms with E-state index in [9.17, 15) is 9.90 Å². The molecule has 5 atom stereocenters. The SMILES string of the molecule is COc1ccc(C2OCC(C)C(C(C)C(O)CC(=O)OC(C)(C)C)O2)cc1. The molecule has 5 unspecified atom stereocenters. The normalized spacial score (nSPS) is 25.5. The van der Waals surface area contributed by atoms with Crippen LogP contribution in [-0.4, -0.2) is 42.6 Å². The second-order valence-corrected chi connectivity index (χ2v) is 8.23. The third-order valence-electron chi connectivity index (χ3n) is 4.66. The van der Waals surface area contributed by atoms with Crippen molar-refractivity contribution in [1.29, 1.82) is 0 Å². The quantitative estimate of drug-likeness (QED) is 0.762. The van der Waals surface area contributed by atoms with Crippen LogP contribution in [0.15, 0.2) is 24.3 Å². The molecule has 0 radical (unpaired) electrons. The van der Waals surface area contributed by atoms with Crippen LogP contribution >= 0.6 is 0 Å². The first kappa shape index (κ1) is 21.7. The fourth-order valence-corrected chi connectivity index (χ4v) is 3.19. The van der Waals surface area contributed by atoms with Crippen molar-refractivity contribution >= 4 is 5.97 Å². The van der Waals surface area contributed by atoms with E-state index in [1.54, 1.807) is 7.11 Å². The second kappa shape index (κ2) is 9.04. The summed E-state index contributed by atoms with van der Waals surface area (Å²) < 4.78 is 22.5. The molecule has 0 aliphatic carbocycles. The van der Waals surface area contributed by atoms with Crippen LogP contribution < -0.4 is 4.74 Å². The molecule has 2 rings (SSSR count). The number of carbonyl (C=O) groups is 1. The molecule has 1 aromatic carbocycles. The van der Waals surface area contributed by atoms with Gasteiger partial charge >= 0.3 is 5.97 Å². The lowest BCUT2D eigenvalue weighted by atomic mass is 9.87. The van der Waals surface area contributed by atoms with Crippen molar-refractivity contribution < 1.29 is 28.8 Å². The summed E-state index contributed by atoms with van der Waals surface area (Å²) in [6.07, 6.45) is -1.64. The van der Waals surface area contributed by atoms with Gasteiger partial charge in [0.25, 0.3) is 0 Å². The highest BCUT2D eigenvalue weighted by atomic mass is 16.7. The number of esters is 1. The summed E-state index contributed by atoms with van der Waals surface area (Å²) in [4.78, 5) is 12.0. The van der Waals surface area contributed by atoms with Crippen LogP contribution in [0.3, 0.4) is 0 Å². The number of methoxy groups -OCH3 is 1. The predicted octanol–water partition coefficient (Wildman–Crippen LogP) is 3.47. The Morgan fingerprint density at radius 2 is 1.93 bits per heavy atom. The molecule has 0 spiro atoms. The standard InChI is InChI=1S/C21H32O6/c1-13-12-25-20(15-7-9-16(24-6)10-8-15)26-19(13)14(2)17(22)11-18(23)27-21(3,4)5/h7-10,13-14,17,19-20,22H,11-12H2,1-6H3. The lowest BCUT2D eigenvalue weighted by molar-refractivity contribution is -0.256. The zero-order valence-corrected chi connectivity index (χ0v) is 17.1. The minimum absolute atomic E-state index is 0.0565. The first-order valence-electron chi connectivity index (χ1n) is 9.41. The molecule has 1 aliphatic rings. The summed E-state index contributed by atoms with van der Waals surface area (Å²) in [5.74, 6) is 0.217. The van der Waals surface area contributed by atoms with Crippen molar-refractivity contribution in [2.75, 3.05) is 13.7 Å². The summed E-state index contributed by atoms with van der Waals surface area (Å²) >= 11 is 0. The van der Waals surface area contributed by atoms with Gasteiger partial charge in [-0.3, -0.25) is 4.79 Å². The molecule has 0 amide bonds. The zero-order valence-electron chi connectivity index (χ0n) is 17.1. The van der Waals surface area contributed by atoms with Crippen molar-refractivity contribution in [3.8, 4) is 5.75 Å². The van der Waals surface area contributed by atoms with Crippen molar-refractivity contribution in [3.05, 3.63) is 29.8 Å². The van der Waals surface area contributed by atoms with Gasteiger partial charge in [-0.05, 0) is 32.9 Å². The van der Waals surface area contributed by atoms with Crippen LogP contribution in [-0.2, 0) is 19.0 Å². The summed E-state index contributed by atoms with van der Waals surface area (Å²) in [5.41, 5.74) is 0.323. The van der Waals surface area contributed by atoms with Crippen molar-refractivity contribution in [3.63, 3.8) is 0 Å². The molecule has 1 fully saturated rings. The van der Waals surface area contributed by atoms with E-state index in [1.807, 2.05) is 58.9 Å². The molecule has 6 heteroatoms. The topological polar surface area (TPSA) is 74.2 Å². The van der Waals surface area contributed by atoms with Gasteiger partial charge in [0, 0.05) is 17.4 Å². The van der Waals surface area contributed by atoms with Gasteiger partial charge in [0.15, 0.2) is 6.29 Å². The second-order valence-electron chi connectivity index (χ2n) is 8.23. The van der Waals surface area contributed by atoms with Gasteiger partial charge in [0.05, 0.1) is 32.3 Å². The van der Waals surface area contributed by atoms with Gasteiger partial charge in [0.2, 0.25) is 0 Å². The summed E-state index contributed by atoms with van der Waals surface area (Å²) in [6, 6.07) is 7.52. The Morgan fingerprint density at radius 1 is 1.30 bits per heavy atom. The van der Waals surface area contributed by atoms with Crippen LogP contribution in [0.25, 0.3) is 0 Å². The van der Waals surface area contributed by atoms with Gasteiger partial charge in [-0.2, -0.15) is 0 Å². The van der Waals surface area contributed by atoms with Crippen LogP contribution in [0.5, 0.6) is 5.75 Å². The smallest absolute Gasteiger partial charge is 0.308 e. The van der Waals surface area contributed by atoms with E-state index >= 15 is 0 Å². The third-order valence-corrected chi connectivity index (χ3v) is 4.66. The first-order valence-corrected chi connectivity index (χ1v) is 9.41. The number of hydrogen-bond donors (Lipinski definition) is 1. The molecule has 1 heterocycles. The highest BCUT2D eigenvalue weighted by Gasteiger charge is 2.37. The monoisotopic (exact) mass is 380 g/mol. The molecule has 27 heavy (non-hydrogen) atoms. The highest BCUT2D eigenvalue weighted by Crippen LogP contribution is 2.34. The van der Waals surface area contributed by atoms with Crippen molar-refractivity contribution in [2.45, 2.75) is 65.1 Å². The van der Waals surface area contributed by atoms with E-state index in [1.165, 1.54) is 0 Å². The van der Waals surface area contributed by atoms with E-state index < -0.39 is 24.0 Å². The maximum atomic E-state index is 12.0. The Balaban J connectivity index is 2.00. The lowest BCUT2D eigenvalue weighted by Crippen LogP contribution is -2.43. The summed E-state index contributed by atoms with van der Waals surface area (Å²) in [5, 5.41) is 10.5. The van der Waals surface area contributed by atoms with Gasteiger partial charge in [-0.25, -0.2) is 0 Å². The van der Waals surface area contributed by atoms with E-state index in [-0.39, 0.29) is 24.4 Å². The van der Waals surface area contributed by atoms with Crippen LogP contribution in [0.4, 0.5) is 0 Å². The average molecular weight is 380 g/mol. The van der Waals surface area contributed by atoms with Gasteiger partial charge in [0.1, 0.15) is 11.4 Å². The van der Waals surface area contributed by atoms with E-state index in [4.69, 9.17) is 18.9 Å². The summed E-state index contributed by atoms with van der Waals surface area (Å²) in [7, 11) is 1.62. The fraction of sp³-hybridized carbons (Fsp3) is 0.667. The van der Waals surface area contributed by atoms with Gasteiger partial charge < -0.3 is 24.1 Å². The Labute approximate surface area is 161 Å². The zero-order chi connectivity index (χ0) is 20.2.